The minimum Gasteiger partial charge on any atom is -0.464 e. The van der Waals surface area contributed by atoms with Crippen molar-refractivity contribution in [2.45, 2.75) is 12.8 Å². The summed E-state index contributed by atoms with van der Waals surface area (Å²) >= 11 is 0. The van der Waals surface area contributed by atoms with Crippen LogP contribution in [-0.4, -0.2) is 6.54 Å². The molecule has 1 aromatic heterocycles. The van der Waals surface area contributed by atoms with Gasteiger partial charge < -0.3 is 9.73 Å². The lowest BCUT2D eigenvalue weighted by Gasteiger charge is -2.09. The molecule has 1 aromatic carbocycles. The highest BCUT2D eigenvalue weighted by molar-refractivity contribution is 5.74. The van der Waals surface area contributed by atoms with Crippen molar-refractivity contribution in [2.75, 3.05) is 11.9 Å². The zero-order valence-corrected chi connectivity index (χ0v) is 9.15. The van der Waals surface area contributed by atoms with Gasteiger partial charge in [-0.25, -0.2) is 0 Å². The molecule has 0 amide bonds. The van der Waals surface area contributed by atoms with E-state index in [0.29, 0.717) is 0 Å². The van der Waals surface area contributed by atoms with E-state index in [0.717, 1.165) is 23.8 Å². The number of furan rings is 1. The van der Waals surface area contributed by atoms with E-state index in [1.165, 1.54) is 18.5 Å². The molecule has 2 nitrogen and oxygen atoms in total. The van der Waals surface area contributed by atoms with Gasteiger partial charge in [0.2, 0.25) is 0 Å². The fourth-order valence-electron chi connectivity index (χ4n) is 1.86. The van der Waals surface area contributed by atoms with Crippen molar-refractivity contribution in [2.24, 2.45) is 5.92 Å². The van der Waals surface area contributed by atoms with E-state index in [1.54, 1.807) is 6.26 Å². The number of hydrogen-bond acceptors (Lipinski definition) is 2. The Bertz CT molecular complexity index is 457. The van der Waals surface area contributed by atoms with Crippen LogP contribution >= 0.6 is 0 Å². The zero-order chi connectivity index (χ0) is 10.8. The molecule has 16 heavy (non-hydrogen) atoms. The summed E-state index contributed by atoms with van der Waals surface area (Å²) in [5, 5.41) is 3.50. The Labute approximate surface area is 95.3 Å². The standard InChI is InChI=1S/C14H15NO/c1-2-5-13(15-10-11-7-8-11)12(4-1)14-6-3-9-16-14/h1-6,9,11,15H,7-8,10H2. The molecule has 82 valence electrons. The van der Waals surface area contributed by atoms with E-state index in [-0.39, 0.29) is 0 Å². The topological polar surface area (TPSA) is 25.2 Å². The molecule has 1 fully saturated rings. The lowest BCUT2D eigenvalue weighted by atomic mass is 10.1. The van der Waals surface area contributed by atoms with Gasteiger partial charge in [0.1, 0.15) is 5.76 Å². The third-order valence-electron chi connectivity index (χ3n) is 2.99. The zero-order valence-electron chi connectivity index (χ0n) is 9.15. The van der Waals surface area contributed by atoms with Crippen LogP contribution in [0.2, 0.25) is 0 Å². The Kier molecular flexibility index (Phi) is 2.41. The summed E-state index contributed by atoms with van der Waals surface area (Å²) in [6.07, 6.45) is 4.46. The van der Waals surface area contributed by atoms with E-state index in [9.17, 15) is 0 Å². The molecule has 0 spiro atoms. The second kappa shape index (κ2) is 4.05. The van der Waals surface area contributed by atoms with Crippen molar-refractivity contribution >= 4 is 5.69 Å². The average Bonchev–Trinajstić information content (AvgIpc) is 3.00. The van der Waals surface area contributed by atoms with E-state index < -0.39 is 0 Å². The molecule has 2 aromatic rings. The maximum atomic E-state index is 5.44. The van der Waals surface area contributed by atoms with Crippen LogP contribution < -0.4 is 5.32 Å². The highest BCUT2D eigenvalue weighted by Crippen LogP contribution is 2.32. The second-order valence-corrected chi connectivity index (χ2v) is 4.35. The molecule has 0 unspecified atom stereocenters. The van der Waals surface area contributed by atoms with Crippen LogP contribution in [0.5, 0.6) is 0 Å². The highest BCUT2D eigenvalue weighted by atomic mass is 16.3. The first-order valence-corrected chi connectivity index (χ1v) is 5.80. The Hall–Kier alpha value is -1.70. The van der Waals surface area contributed by atoms with Crippen molar-refractivity contribution in [3.63, 3.8) is 0 Å². The van der Waals surface area contributed by atoms with Crippen LogP contribution in [-0.2, 0) is 0 Å². The minimum atomic E-state index is 0.879. The SMILES string of the molecule is c1coc(-c2ccccc2NCC2CC2)c1. The van der Waals surface area contributed by atoms with Gasteiger partial charge in [0, 0.05) is 17.8 Å². The van der Waals surface area contributed by atoms with Gasteiger partial charge >= 0.3 is 0 Å². The molecular weight excluding hydrogens is 198 g/mol. The summed E-state index contributed by atoms with van der Waals surface area (Å²) in [5.41, 5.74) is 2.32. The molecule has 0 aliphatic heterocycles. The number of rotatable bonds is 4. The fraction of sp³-hybridized carbons (Fsp3) is 0.286. The van der Waals surface area contributed by atoms with Gasteiger partial charge in [-0.15, -0.1) is 0 Å². The number of anilines is 1. The van der Waals surface area contributed by atoms with Gasteiger partial charge in [0.15, 0.2) is 0 Å². The number of nitrogens with one attached hydrogen (secondary N) is 1. The van der Waals surface area contributed by atoms with Crippen LogP contribution in [0, 0.1) is 5.92 Å². The summed E-state index contributed by atoms with van der Waals surface area (Å²) in [4.78, 5) is 0. The monoisotopic (exact) mass is 213 g/mol. The quantitative estimate of drug-likeness (QED) is 0.836. The van der Waals surface area contributed by atoms with Crippen molar-refractivity contribution < 1.29 is 4.42 Å². The van der Waals surface area contributed by atoms with Crippen LogP contribution in [0.1, 0.15) is 12.8 Å². The van der Waals surface area contributed by atoms with Gasteiger partial charge in [-0.1, -0.05) is 12.1 Å². The van der Waals surface area contributed by atoms with Crippen LogP contribution in [0.4, 0.5) is 5.69 Å². The van der Waals surface area contributed by atoms with Gasteiger partial charge in [-0.2, -0.15) is 0 Å². The summed E-state index contributed by atoms with van der Waals surface area (Å²) in [7, 11) is 0. The Morgan fingerprint density at radius 2 is 2.00 bits per heavy atom. The number of hydrogen-bond donors (Lipinski definition) is 1. The smallest absolute Gasteiger partial charge is 0.135 e. The van der Waals surface area contributed by atoms with Crippen molar-refractivity contribution in [1.29, 1.82) is 0 Å². The van der Waals surface area contributed by atoms with Gasteiger partial charge in [-0.3, -0.25) is 0 Å². The summed E-state index contributed by atoms with van der Waals surface area (Å²) in [6.45, 7) is 1.08. The largest absolute Gasteiger partial charge is 0.464 e. The van der Waals surface area contributed by atoms with Crippen LogP contribution in [0.25, 0.3) is 11.3 Å². The molecule has 1 N–H and O–H groups in total. The molecule has 1 saturated carbocycles. The van der Waals surface area contributed by atoms with Gasteiger partial charge in [0.25, 0.3) is 0 Å². The van der Waals surface area contributed by atoms with Crippen LogP contribution in [0.15, 0.2) is 47.1 Å². The van der Waals surface area contributed by atoms with Crippen LogP contribution in [0.3, 0.4) is 0 Å². The van der Waals surface area contributed by atoms with E-state index >= 15 is 0 Å². The van der Waals surface area contributed by atoms with Crippen molar-refractivity contribution in [3.8, 4) is 11.3 Å². The summed E-state index contributed by atoms with van der Waals surface area (Å²) in [5.74, 6) is 1.81. The second-order valence-electron chi connectivity index (χ2n) is 4.35. The average molecular weight is 213 g/mol. The first-order valence-electron chi connectivity index (χ1n) is 5.80. The molecular formula is C14H15NO. The van der Waals surface area contributed by atoms with E-state index in [1.807, 2.05) is 18.2 Å². The lowest BCUT2D eigenvalue weighted by molar-refractivity contribution is 0.582. The van der Waals surface area contributed by atoms with E-state index in [4.69, 9.17) is 4.42 Å². The molecule has 2 heteroatoms. The molecule has 1 heterocycles. The molecule has 0 bridgehead atoms. The normalized spacial score (nSPS) is 15.0. The maximum Gasteiger partial charge on any atom is 0.135 e. The third-order valence-corrected chi connectivity index (χ3v) is 2.99. The first-order chi connectivity index (χ1) is 7.93. The Morgan fingerprint density at radius 3 is 2.75 bits per heavy atom. The molecule has 1 aliphatic rings. The fourth-order valence-corrected chi connectivity index (χ4v) is 1.86. The first kappa shape index (κ1) is 9.52. The molecule has 3 rings (SSSR count). The number of benzene rings is 1. The highest BCUT2D eigenvalue weighted by Gasteiger charge is 2.21. The predicted octanol–water partition coefficient (Wildman–Crippen LogP) is 3.77. The summed E-state index contributed by atoms with van der Waals surface area (Å²) in [6, 6.07) is 12.2. The lowest BCUT2D eigenvalue weighted by Crippen LogP contribution is -2.03. The molecule has 0 radical (unpaired) electrons. The predicted molar refractivity (Wildman–Crippen MR) is 65.4 cm³/mol. The summed E-state index contributed by atoms with van der Waals surface area (Å²) < 4.78 is 5.44. The molecule has 1 aliphatic carbocycles. The third kappa shape index (κ3) is 1.96. The molecule has 0 saturated heterocycles. The van der Waals surface area contributed by atoms with Gasteiger partial charge in [0.05, 0.1) is 6.26 Å². The Morgan fingerprint density at radius 1 is 1.12 bits per heavy atom. The molecule has 0 atom stereocenters. The minimum absolute atomic E-state index is 0.879. The number of para-hydroxylation sites is 1. The van der Waals surface area contributed by atoms with Gasteiger partial charge in [-0.05, 0) is 43.0 Å². The van der Waals surface area contributed by atoms with E-state index in [2.05, 4.69) is 23.5 Å². The van der Waals surface area contributed by atoms with Crippen molar-refractivity contribution in [3.05, 3.63) is 42.7 Å². The Balaban J connectivity index is 1.85. The van der Waals surface area contributed by atoms with Crippen molar-refractivity contribution in [1.82, 2.24) is 0 Å². The maximum absolute atomic E-state index is 5.44.